The van der Waals surface area contributed by atoms with Gasteiger partial charge in [-0.2, -0.15) is 0 Å². The fourth-order valence-electron chi connectivity index (χ4n) is 2.22. The minimum absolute atomic E-state index is 0.611. The zero-order valence-corrected chi connectivity index (χ0v) is 9.57. The van der Waals surface area contributed by atoms with Gasteiger partial charge in [0.2, 0.25) is 0 Å². The molecule has 0 saturated heterocycles. The maximum absolute atomic E-state index is 5.64. The third-order valence-electron chi connectivity index (χ3n) is 3.00. The Balaban J connectivity index is 2.21. The summed E-state index contributed by atoms with van der Waals surface area (Å²) in [5.41, 5.74) is 1.25. The van der Waals surface area contributed by atoms with Crippen molar-refractivity contribution in [1.82, 2.24) is 0 Å². The molecule has 0 aliphatic carbocycles. The molecule has 1 heterocycles. The van der Waals surface area contributed by atoms with E-state index < -0.39 is 0 Å². The van der Waals surface area contributed by atoms with Crippen LogP contribution in [-0.2, 0) is 0 Å². The standard InChI is InChI=1S/C13H19NO/c1-3-6-11(2)14-9-10-15-13-8-5-4-7-12(13)14/h4-5,7-8,11H,3,6,9-10H2,1-2H3. The van der Waals surface area contributed by atoms with Gasteiger partial charge < -0.3 is 9.64 Å². The second-order valence-corrected chi connectivity index (χ2v) is 4.15. The Morgan fingerprint density at radius 1 is 1.40 bits per heavy atom. The molecule has 1 aromatic carbocycles. The first kappa shape index (κ1) is 10.3. The normalized spacial score (nSPS) is 16.8. The van der Waals surface area contributed by atoms with Gasteiger partial charge >= 0.3 is 0 Å². The molecule has 0 N–H and O–H groups in total. The number of hydrogen-bond acceptors (Lipinski definition) is 2. The van der Waals surface area contributed by atoms with E-state index in [-0.39, 0.29) is 0 Å². The highest BCUT2D eigenvalue weighted by Crippen LogP contribution is 2.32. The average molecular weight is 205 g/mol. The van der Waals surface area contributed by atoms with E-state index in [4.69, 9.17) is 4.74 Å². The summed E-state index contributed by atoms with van der Waals surface area (Å²) in [5, 5.41) is 0. The third kappa shape index (κ3) is 2.09. The van der Waals surface area contributed by atoms with Crippen molar-refractivity contribution in [1.29, 1.82) is 0 Å². The van der Waals surface area contributed by atoms with Gasteiger partial charge in [-0.3, -0.25) is 0 Å². The van der Waals surface area contributed by atoms with E-state index in [9.17, 15) is 0 Å². The van der Waals surface area contributed by atoms with E-state index in [1.54, 1.807) is 0 Å². The van der Waals surface area contributed by atoms with Crippen molar-refractivity contribution in [2.24, 2.45) is 0 Å². The van der Waals surface area contributed by atoms with E-state index in [0.717, 1.165) is 18.9 Å². The van der Waals surface area contributed by atoms with E-state index in [1.165, 1.54) is 18.5 Å². The predicted molar refractivity (Wildman–Crippen MR) is 63.7 cm³/mol. The van der Waals surface area contributed by atoms with Crippen LogP contribution in [0.4, 0.5) is 5.69 Å². The quantitative estimate of drug-likeness (QED) is 0.752. The Morgan fingerprint density at radius 2 is 2.20 bits per heavy atom. The number of benzene rings is 1. The molecule has 0 aromatic heterocycles. The van der Waals surface area contributed by atoms with Crippen LogP contribution in [0, 0.1) is 0 Å². The van der Waals surface area contributed by atoms with Gasteiger partial charge in [-0.05, 0) is 25.5 Å². The number of rotatable bonds is 3. The van der Waals surface area contributed by atoms with Gasteiger partial charge in [-0.1, -0.05) is 25.5 Å². The van der Waals surface area contributed by atoms with Crippen LogP contribution in [0.1, 0.15) is 26.7 Å². The van der Waals surface area contributed by atoms with Crippen LogP contribution < -0.4 is 9.64 Å². The largest absolute Gasteiger partial charge is 0.490 e. The third-order valence-corrected chi connectivity index (χ3v) is 3.00. The van der Waals surface area contributed by atoms with Gasteiger partial charge in [0.25, 0.3) is 0 Å². The first-order valence-corrected chi connectivity index (χ1v) is 5.81. The molecule has 0 spiro atoms. The second kappa shape index (κ2) is 4.56. The Labute approximate surface area is 91.9 Å². The molecule has 0 amide bonds. The summed E-state index contributed by atoms with van der Waals surface area (Å²) >= 11 is 0. The Hall–Kier alpha value is -1.18. The summed E-state index contributed by atoms with van der Waals surface area (Å²) < 4.78 is 5.64. The van der Waals surface area contributed by atoms with E-state index in [1.807, 2.05) is 6.07 Å². The number of para-hydroxylation sites is 2. The number of nitrogens with zero attached hydrogens (tertiary/aromatic N) is 1. The van der Waals surface area contributed by atoms with E-state index in [0.29, 0.717) is 6.04 Å². The van der Waals surface area contributed by atoms with Crippen LogP contribution in [0.15, 0.2) is 24.3 Å². The van der Waals surface area contributed by atoms with Gasteiger partial charge in [0.05, 0.1) is 12.2 Å². The van der Waals surface area contributed by atoms with Crippen molar-refractivity contribution in [3.8, 4) is 5.75 Å². The average Bonchev–Trinajstić information content (AvgIpc) is 2.28. The summed E-state index contributed by atoms with van der Waals surface area (Å²) in [4.78, 5) is 2.46. The molecule has 0 fully saturated rings. The molecule has 0 bridgehead atoms. The molecule has 15 heavy (non-hydrogen) atoms. The second-order valence-electron chi connectivity index (χ2n) is 4.15. The molecule has 82 valence electrons. The molecule has 1 unspecified atom stereocenters. The molecule has 1 aliphatic rings. The summed E-state index contributed by atoms with van der Waals surface area (Å²) in [7, 11) is 0. The van der Waals surface area contributed by atoms with Crippen LogP contribution in [-0.4, -0.2) is 19.2 Å². The van der Waals surface area contributed by atoms with Gasteiger partial charge in [0.1, 0.15) is 12.4 Å². The molecule has 1 aliphatic heterocycles. The number of fused-ring (bicyclic) bond motifs is 1. The molecule has 1 atom stereocenters. The molecule has 2 nitrogen and oxygen atoms in total. The van der Waals surface area contributed by atoms with Gasteiger partial charge in [0.15, 0.2) is 0 Å². The highest BCUT2D eigenvalue weighted by Gasteiger charge is 2.21. The highest BCUT2D eigenvalue weighted by molar-refractivity contribution is 5.60. The molecule has 0 saturated carbocycles. The van der Waals surface area contributed by atoms with Crippen LogP contribution >= 0.6 is 0 Å². The lowest BCUT2D eigenvalue weighted by atomic mass is 10.1. The molecule has 0 radical (unpaired) electrons. The van der Waals surface area contributed by atoms with E-state index >= 15 is 0 Å². The minimum atomic E-state index is 0.611. The van der Waals surface area contributed by atoms with Crippen LogP contribution in [0.25, 0.3) is 0 Å². The number of anilines is 1. The summed E-state index contributed by atoms with van der Waals surface area (Å²) in [6, 6.07) is 8.94. The summed E-state index contributed by atoms with van der Waals surface area (Å²) in [6.07, 6.45) is 2.48. The van der Waals surface area contributed by atoms with Crippen molar-refractivity contribution in [3.05, 3.63) is 24.3 Å². The first-order chi connectivity index (χ1) is 7.33. The Kier molecular flexibility index (Phi) is 3.14. The van der Waals surface area contributed by atoms with Gasteiger partial charge in [-0.25, -0.2) is 0 Å². The molecule has 2 rings (SSSR count). The van der Waals surface area contributed by atoms with Crippen LogP contribution in [0.3, 0.4) is 0 Å². The number of ether oxygens (including phenoxy) is 1. The monoisotopic (exact) mass is 205 g/mol. The van der Waals surface area contributed by atoms with Crippen molar-refractivity contribution in [3.63, 3.8) is 0 Å². The smallest absolute Gasteiger partial charge is 0.142 e. The molecule has 1 aromatic rings. The Morgan fingerprint density at radius 3 is 3.00 bits per heavy atom. The number of hydrogen-bond donors (Lipinski definition) is 0. The minimum Gasteiger partial charge on any atom is -0.490 e. The maximum Gasteiger partial charge on any atom is 0.142 e. The fourth-order valence-corrected chi connectivity index (χ4v) is 2.22. The molecular weight excluding hydrogens is 186 g/mol. The lowest BCUT2D eigenvalue weighted by Gasteiger charge is -2.35. The molecular formula is C13H19NO. The fraction of sp³-hybridized carbons (Fsp3) is 0.538. The van der Waals surface area contributed by atoms with Gasteiger partial charge in [0, 0.05) is 6.04 Å². The zero-order valence-electron chi connectivity index (χ0n) is 9.57. The van der Waals surface area contributed by atoms with Gasteiger partial charge in [-0.15, -0.1) is 0 Å². The molecule has 2 heteroatoms. The van der Waals surface area contributed by atoms with Crippen LogP contribution in [0.2, 0.25) is 0 Å². The van der Waals surface area contributed by atoms with E-state index in [2.05, 4.69) is 36.9 Å². The SMILES string of the molecule is CCCC(C)N1CCOc2ccccc21. The van der Waals surface area contributed by atoms with Crippen molar-refractivity contribution >= 4 is 5.69 Å². The summed E-state index contributed by atoms with van der Waals surface area (Å²) in [6.45, 7) is 6.36. The Bertz CT molecular complexity index is 324. The maximum atomic E-state index is 5.64. The lowest BCUT2D eigenvalue weighted by Crippen LogP contribution is -2.39. The first-order valence-electron chi connectivity index (χ1n) is 5.81. The van der Waals surface area contributed by atoms with Crippen LogP contribution in [0.5, 0.6) is 5.75 Å². The topological polar surface area (TPSA) is 12.5 Å². The van der Waals surface area contributed by atoms with Crippen molar-refractivity contribution in [2.75, 3.05) is 18.1 Å². The summed E-state index contributed by atoms with van der Waals surface area (Å²) in [5.74, 6) is 1.03. The lowest BCUT2D eigenvalue weighted by molar-refractivity contribution is 0.299. The van der Waals surface area contributed by atoms with Crippen molar-refractivity contribution < 1.29 is 4.74 Å². The predicted octanol–water partition coefficient (Wildman–Crippen LogP) is 3.07. The highest BCUT2D eigenvalue weighted by atomic mass is 16.5. The van der Waals surface area contributed by atoms with Crippen molar-refractivity contribution in [2.45, 2.75) is 32.7 Å². The zero-order chi connectivity index (χ0) is 10.7.